The molecule has 2 aromatic heterocycles. The van der Waals surface area contributed by atoms with Crippen molar-refractivity contribution in [2.45, 2.75) is 6.18 Å². The van der Waals surface area contributed by atoms with E-state index >= 15 is 0 Å². The predicted molar refractivity (Wildman–Crippen MR) is 50.1 cm³/mol. The molecule has 8 heteroatoms. The molecule has 0 aromatic carbocycles. The highest BCUT2D eigenvalue weighted by molar-refractivity contribution is 7.16. The number of nitrogens with one attached hydrogen (secondary N) is 1. The van der Waals surface area contributed by atoms with Crippen molar-refractivity contribution >= 4 is 17.6 Å². The van der Waals surface area contributed by atoms with Crippen LogP contribution in [0.1, 0.15) is 15.4 Å². The van der Waals surface area contributed by atoms with Crippen LogP contribution < -0.4 is 0 Å². The highest BCUT2D eigenvalue weighted by Gasteiger charge is 2.33. The number of aromatic amines is 1. The van der Waals surface area contributed by atoms with Crippen LogP contribution in [0.15, 0.2) is 12.4 Å². The lowest BCUT2D eigenvalue weighted by Crippen LogP contribution is -2.04. The molecule has 0 radical (unpaired) electrons. The third kappa shape index (κ3) is 1.96. The standard InChI is InChI=1S/C8H4F3N3OS/c9-8(10,11)5-2-12-6(14-5)7-13-1-4(3-15)16-7/h1-3H,(H,12,14). The molecule has 0 saturated carbocycles. The normalized spacial score (nSPS) is 11.7. The molecule has 0 fully saturated rings. The Morgan fingerprint density at radius 1 is 1.31 bits per heavy atom. The van der Waals surface area contributed by atoms with Gasteiger partial charge in [-0.1, -0.05) is 0 Å². The molecule has 0 bridgehead atoms. The zero-order chi connectivity index (χ0) is 11.8. The van der Waals surface area contributed by atoms with Gasteiger partial charge in [0.05, 0.1) is 11.1 Å². The number of carbonyl (C=O) groups is 1. The summed E-state index contributed by atoms with van der Waals surface area (Å²) >= 11 is 0.970. The van der Waals surface area contributed by atoms with Gasteiger partial charge in [0, 0.05) is 6.20 Å². The van der Waals surface area contributed by atoms with Crippen molar-refractivity contribution < 1.29 is 18.0 Å². The first-order chi connectivity index (χ1) is 7.50. The number of hydrogen-bond donors (Lipinski definition) is 1. The highest BCUT2D eigenvalue weighted by Crippen LogP contribution is 2.30. The van der Waals surface area contributed by atoms with E-state index in [4.69, 9.17) is 0 Å². The number of carbonyl (C=O) groups excluding carboxylic acids is 1. The smallest absolute Gasteiger partial charge is 0.332 e. The van der Waals surface area contributed by atoms with Crippen molar-refractivity contribution in [1.29, 1.82) is 0 Å². The van der Waals surface area contributed by atoms with Gasteiger partial charge < -0.3 is 4.98 Å². The fourth-order valence-corrected chi connectivity index (χ4v) is 1.71. The molecule has 16 heavy (non-hydrogen) atoms. The van der Waals surface area contributed by atoms with E-state index in [0.717, 1.165) is 11.3 Å². The lowest BCUT2D eigenvalue weighted by molar-refractivity contribution is -0.140. The summed E-state index contributed by atoms with van der Waals surface area (Å²) < 4.78 is 36.7. The lowest BCUT2D eigenvalue weighted by atomic mass is 10.5. The van der Waals surface area contributed by atoms with Gasteiger partial charge in [-0.05, 0) is 0 Å². The minimum absolute atomic E-state index is 0.00502. The van der Waals surface area contributed by atoms with Gasteiger partial charge in [0.15, 0.2) is 17.1 Å². The molecule has 1 N–H and O–H groups in total. The molecular weight excluding hydrogens is 243 g/mol. The lowest BCUT2D eigenvalue weighted by Gasteiger charge is -2.00. The summed E-state index contributed by atoms with van der Waals surface area (Å²) in [5, 5.41) is 0.248. The zero-order valence-corrected chi connectivity index (χ0v) is 8.39. The minimum Gasteiger partial charge on any atom is -0.332 e. The predicted octanol–water partition coefficient (Wildman–Crippen LogP) is 2.36. The fraction of sp³-hybridized carbons (Fsp3) is 0.125. The van der Waals surface area contributed by atoms with Crippen molar-refractivity contribution in [3.63, 3.8) is 0 Å². The number of aromatic nitrogens is 3. The molecule has 0 aliphatic carbocycles. The second-order valence-corrected chi connectivity index (χ2v) is 3.89. The van der Waals surface area contributed by atoms with Gasteiger partial charge in [-0.15, -0.1) is 11.3 Å². The third-order valence-corrected chi connectivity index (χ3v) is 2.65. The Morgan fingerprint density at radius 2 is 2.06 bits per heavy atom. The molecule has 0 atom stereocenters. The van der Waals surface area contributed by atoms with E-state index in [0.29, 0.717) is 17.4 Å². The molecule has 4 nitrogen and oxygen atoms in total. The number of halogens is 3. The van der Waals surface area contributed by atoms with Crippen LogP contribution in [0.3, 0.4) is 0 Å². The summed E-state index contributed by atoms with van der Waals surface area (Å²) in [5.74, 6) is 0.00502. The topological polar surface area (TPSA) is 58.6 Å². The van der Waals surface area contributed by atoms with Crippen LogP contribution in [0.5, 0.6) is 0 Å². The molecule has 0 aliphatic heterocycles. The van der Waals surface area contributed by atoms with E-state index in [1.807, 2.05) is 0 Å². The van der Waals surface area contributed by atoms with Crippen molar-refractivity contribution in [3.8, 4) is 10.8 Å². The number of thiazole rings is 1. The van der Waals surface area contributed by atoms with Crippen LogP contribution in [-0.2, 0) is 6.18 Å². The van der Waals surface area contributed by atoms with Crippen molar-refractivity contribution in [2.75, 3.05) is 0 Å². The molecule has 2 heterocycles. The Labute approximate surface area is 91.2 Å². The number of nitrogens with zero attached hydrogens (tertiary/aromatic N) is 2. The van der Waals surface area contributed by atoms with Gasteiger partial charge in [-0.2, -0.15) is 13.2 Å². The first-order valence-electron chi connectivity index (χ1n) is 4.04. The number of hydrogen-bond acceptors (Lipinski definition) is 4. The van der Waals surface area contributed by atoms with Crippen molar-refractivity contribution in [3.05, 3.63) is 23.0 Å². The van der Waals surface area contributed by atoms with E-state index in [2.05, 4.69) is 15.0 Å². The summed E-state index contributed by atoms with van der Waals surface area (Å²) in [4.78, 5) is 20.1. The zero-order valence-electron chi connectivity index (χ0n) is 7.58. The third-order valence-electron chi connectivity index (χ3n) is 1.72. The van der Waals surface area contributed by atoms with Crippen LogP contribution in [0, 0.1) is 0 Å². The molecule has 0 saturated heterocycles. The van der Waals surface area contributed by atoms with E-state index in [1.54, 1.807) is 0 Å². The highest BCUT2D eigenvalue weighted by atomic mass is 32.1. The molecule has 0 amide bonds. The first-order valence-corrected chi connectivity index (χ1v) is 4.86. The van der Waals surface area contributed by atoms with Gasteiger partial charge >= 0.3 is 6.18 Å². The summed E-state index contributed by atoms with van der Waals surface area (Å²) in [6, 6.07) is 0. The molecule has 84 valence electrons. The second kappa shape index (κ2) is 3.71. The van der Waals surface area contributed by atoms with Crippen LogP contribution in [0.4, 0.5) is 13.2 Å². The maximum absolute atomic E-state index is 12.2. The fourth-order valence-electron chi connectivity index (χ4n) is 1.02. The largest absolute Gasteiger partial charge is 0.432 e. The Bertz CT molecular complexity index is 517. The SMILES string of the molecule is O=Cc1cnc(-c2ncc(C(F)(F)F)[nH]2)s1. The van der Waals surface area contributed by atoms with E-state index < -0.39 is 11.9 Å². The molecule has 0 spiro atoms. The summed E-state index contributed by atoms with van der Waals surface area (Å²) in [5.41, 5.74) is -0.939. The molecule has 0 unspecified atom stereocenters. The summed E-state index contributed by atoms with van der Waals surface area (Å²) in [6.07, 6.45) is -1.91. The minimum atomic E-state index is -4.46. The van der Waals surface area contributed by atoms with Crippen LogP contribution in [0.25, 0.3) is 10.8 Å². The first kappa shape index (κ1) is 10.8. The van der Waals surface area contributed by atoms with Crippen LogP contribution in [-0.4, -0.2) is 21.2 Å². The number of aldehydes is 1. The summed E-state index contributed by atoms with van der Waals surface area (Å²) in [6.45, 7) is 0. The quantitative estimate of drug-likeness (QED) is 0.829. The van der Waals surface area contributed by atoms with Gasteiger partial charge in [-0.3, -0.25) is 4.79 Å². The van der Waals surface area contributed by atoms with Gasteiger partial charge in [-0.25, -0.2) is 9.97 Å². The van der Waals surface area contributed by atoms with Crippen LogP contribution in [0.2, 0.25) is 0 Å². The summed E-state index contributed by atoms with van der Waals surface area (Å²) in [7, 11) is 0. The molecule has 2 rings (SSSR count). The van der Waals surface area contributed by atoms with Crippen LogP contribution >= 0.6 is 11.3 Å². The van der Waals surface area contributed by atoms with Crippen molar-refractivity contribution in [2.24, 2.45) is 0 Å². The van der Waals surface area contributed by atoms with Gasteiger partial charge in [0.2, 0.25) is 0 Å². The Balaban J connectivity index is 2.35. The van der Waals surface area contributed by atoms with E-state index in [1.165, 1.54) is 6.20 Å². The Morgan fingerprint density at radius 3 is 2.56 bits per heavy atom. The number of rotatable bonds is 2. The van der Waals surface area contributed by atoms with E-state index in [9.17, 15) is 18.0 Å². The molecule has 0 aliphatic rings. The van der Waals surface area contributed by atoms with E-state index in [-0.39, 0.29) is 10.8 Å². The van der Waals surface area contributed by atoms with Gasteiger partial charge in [0.1, 0.15) is 5.69 Å². The number of imidazole rings is 1. The maximum Gasteiger partial charge on any atom is 0.432 e. The number of H-pyrrole nitrogens is 1. The second-order valence-electron chi connectivity index (χ2n) is 2.83. The average molecular weight is 247 g/mol. The Hall–Kier alpha value is -1.70. The monoisotopic (exact) mass is 247 g/mol. The maximum atomic E-state index is 12.2. The number of alkyl halides is 3. The molecular formula is C8H4F3N3OS. The van der Waals surface area contributed by atoms with Gasteiger partial charge in [0.25, 0.3) is 0 Å². The van der Waals surface area contributed by atoms with Crippen molar-refractivity contribution in [1.82, 2.24) is 15.0 Å². The Kier molecular flexibility index (Phi) is 2.50. The average Bonchev–Trinajstić information content (AvgIpc) is 2.85. The molecule has 2 aromatic rings.